The van der Waals surface area contributed by atoms with E-state index < -0.39 is 37.3 Å². The van der Waals surface area contributed by atoms with Crippen LogP contribution in [0.25, 0.3) is 21.7 Å². The molecule has 0 radical (unpaired) electrons. The standard InChI is InChI=1S/C25H24ClNO6/c26-19-3-1-2-18-16(9-13-4-5-15-10-17(29)7-6-14(15)8-13)11-27(21(18)19)25-24(32)23(31)22(30)20(12-28)33-25/h1-8,10-11,20,22-25,28-32H,9,12H2/t20-,22-,23+,24-,25-/m1/s1. The van der Waals surface area contributed by atoms with Gasteiger partial charge in [-0.2, -0.15) is 0 Å². The highest BCUT2D eigenvalue weighted by Crippen LogP contribution is 2.37. The maximum atomic E-state index is 10.7. The first-order valence-electron chi connectivity index (χ1n) is 10.7. The molecule has 5 rings (SSSR count). The summed E-state index contributed by atoms with van der Waals surface area (Å²) in [6, 6.07) is 16.7. The first kappa shape index (κ1) is 22.2. The minimum absolute atomic E-state index is 0.215. The van der Waals surface area contributed by atoms with E-state index in [0.29, 0.717) is 17.0 Å². The average Bonchev–Trinajstić information content (AvgIpc) is 3.17. The number of phenols is 1. The number of benzene rings is 3. The molecule has 0 amide bonds. The second kappa shape index (κ2) is 8.61. The van der Waals surface area contributed by atoms with Gasteiger partial charge in [-0.25, -0.2) is 0 Å². The Labute approximate surface area is 194 Å². The molecule has 5 atom stereocenters. The normalized spacial score (nSPS) is 25.7. The zero-order valence-corrected chi connectivity index (χ0v) is 18.3. The van der Waals surface area contributed by atoms with Crippen LogP contribution in [0.2, 0.25) is 5.02 Å². The molecule has 5 N–H and O–H groups in total. The summed E-state index contributed by atoms with van der Waals surface area (Å²) in [5.41, 5.74) is 2.60. The number of aliphatic hydroxyl groups excluding tert-OH is 4. The fraction of sp³-hybridized carbons (Fsp3) is 0.280. The van der Waals surface area contributed by atoms with Crippen LogP contribution in [0.5, 0.6) is 5.75 Å². The molecular formula is C25H24ClNO6. The number of nitrogens with zero attached hydrogens (tertiary/aromatic N) is 1. The lowest BCUT2D eigenvalue weighted by molar-refractivity contribution is -0.250. The molecule has 8 heteroatoms. The van der Waals surface area contributed by atoms with E-state index in [-0.39, 0.29) is 5.75 Å². The molecule has 33 heavy (non-hydrogen) atoms. The number of hydrogen-bond acceptors (Lipinski definition) is 6. The van der Waals surface area contributed by atoms with Gasteiger partial charge in [-0.05, 0) is 46.5 Å². The van der Waals surface area contributed by atoms with Crippen molar-refractivity contribution in [3.05, 3.63) is 76.9 Å². The van der Waals surface area contributed by atoms with Crippen molar-refractivity contribution in [2.24, 2.45) is 0 Å². The minimum atomic E-state index is -1.49. The van der Waals surface area contributed by atoms with Gasteiger partial charge in [0.15, 0.2) is 6.23 Å². The van der Waals surface area contributed by atoms with Crippen LogP contribution in [-0.4, -0.2) is 61.1 Å². The molecule has 7 nitrogen and oxygen atoms in total. The molecule has 0 bridgehead atoms. The molecule has 1 aromatic heterocycles. The van der Waals surface area contributed by atoms with Crippen molar-refractivity contribution in [2.75, 3.05) is 6.61 Å². The highest BCUT2D eigenvalue weighted by Gasteiger charge is 2.44. The van der Waals surface area contributed by atoms with Crippen molar-refractivity contribution in [2.45, 2.75) is 37.1 Å². The molecule has 1 aliphatic rings. The van der Waals surface area contributed by atoms with Gasteiger partial charge in [0.1, 0.15) is 30.2 Å². The van der Waals surface area contributed by atoms with Crippen LogP contribution in [-0.2, 0) is 11.2 Å². The van der Waals surface area contributed by atoms with Crippen LogP contribution in [0.15, 0.2) is 60.8 Å². The molecule has 0 unspecified atom stereocenters. The molecular weight excluding hydrogens is 446 g/mol. The number of phenolic OH excluding ortho intramolecular Hbond substituents is 1. The SMILES string of the molecule is OC[C@H]1O[C@@H](n2cc(Cc3ccc4cc(O)ccc4c3)c3cccc(Cl)c32)[C@H](O)[C@@H](O)[C@@H]1O. The van der Waals surface area contributed by atoms with Crippen molar-refractivity contribution in [1.82, 2.24) is 4.57 Å². The summed E-state index contributed by atoms with van der Waals surface area (Å²) < 4.78 is 7.44. The van der Waals surface area contributed by atoms with Gasteiger partial charge in [0, 0.05) is 11.6 Å². The molecule has 2 heterocycles. The molecule has 0 saturated carbocycles. The highest BCUT2D eigenvalue weighted by molar-refractivity contribution is 6.35. The topological polar surface area (TPSA) is 115 Å². The van der Waals surface area contributed by atoms with E-state index in [0.717, 1.165) is 27.3 Å². The number of fused-ring (bicyclic) bond motifs is 2. The van der Waals surface area contributed by atoms with Crippen molar-refractivity contribution in [3.63, 3.8) is 0 Å². The zero-order chi connectivity index (χ0) is 23.3. The van der Waals surface area contributed by atoms with Crippen LogP contribution in [0.4, 0.5) is 0 Å². The van der Waals surface area contributed by atoms with Gasteiger partial charge in [-0.15, -0.1) is 0 Å². The third kappa shape index (κ3) is 3.87. The summed E-state index contributed by atoms with van der Waals surface area (Å²) in [7, 11) is 0. The van der Waals surface area contributed by atoms with E-state index in [1.807, 2.05) is 36.5 Å². The predicted molar refractivity (Wildman–Crippen MR) is 124 cm³/mol. The van der Waals surface area contributed by atoms with Gasteiger partial charge in [0.2, 0.25) is 0 Å². The molecule has 172 valence electrons. The Bertz CT molecular complexity index is 1320. The Morgan fingerprint density at radius 1 is 0.909 bits per heavy atom. The van der Waals surface area contributed by atoms with Crippen molar-refractivity contribution < 1.29 is 30.3 Å². The summed E-state index contributed by atoms with van der Waals surface area (Å²) in [5, 5.41) is 53.6. The van der Waals surface area contributed by atoms with Crippen LogP contribution in [0.3, 0.4) is 0 Å². The Morgan fingerprint density at radius 3 is 2.45 bits per heavy atom. The summed E-state index contributed by atoms with van der Waals surface area (Å²) in [6.45, 7) is -0.506. The number of aliphatic hydroxyl groups is 4. The monoisotopic (exact) mass is 469 g/mol. The number of aromatic hydroxyl groups is 1. The fourth-order valence-corrected chi connectivity index (χ4v) is 4.88. The maximum Gasteiger partial charge on any atom is 0.163 e. The first-order valence-corrected chi connectivity index (χ1v) is 11.1. The Kier molecular flexibility index (Phi) is 5.78. The fourth-order valence-electron chi connectivity index (χ4n) is 4.60. The Balaban J connectivity index is 1.58. The van der Waals surface area contributed by atoms with Crippen LogP contribution in [0.1, 0.15) is 17.4 Å². The predicted octanol–water partition coefficient (Wildman–Crippen LogP) is 2.72. The van der Waals surface area contributed by atoms with Gasteiger partial charge in [-0.1, -0.05) is 48.0 Å². The highest BCUT2D eigenvalue weighted by atomic mass is 35.5. The van der Waals surface area contributed by atoms with E-state index in [1.165, 1.54) is 0 Å². The number of rotatable bonds is 4. The molecule has 4 aromatic rings. The maximum absolute atomic E-state index is 10.7. The Hall–Kier alpha value is -2.65. The smallest absolute Gasteiger partial charge is 0.163 e. The molecule has 1 aliphatic heterocycles. The quantitative estimate of drug-likeness (QED) is 0.314. The van der Waals surface area contributed by atoms with Gasteiger partial charge < -0.3 is 34.8 Å². The van der Waals surface area contributed by atoms with Gasteiger partial charge in [-0.3, -0.25) is 0 Å². The molecule has 1 fully saturated rings. The second-order valence-electron chi connectivity index (χ2n) is 8.46. The summed E-state index contributed by atoms with van der Waals surface area (Å²) >= 11 is 6.53. The van der Waals surface area contributed by atoms with E-state index in [4.69, 9.17) is 16.3 Å². The van der Waals surface area contributed by atoms with Gasteiger partial charge >= 0.3 is 0 Å². The lowest BCUT2D eigenvalue weighted by Crippen LogP contribution is -2.56. The number of aromatic nitrogens is 1. The lowest BCUT2D eigenvalue weighted by Gasteiger charge is -2.40. The van der Waals surface area contributed by atoms with E-state index in [1.54, 1.807) is 22.8 Å². The average molecular weight is 470 g/mol. The van der Waals surface area contributed by atoms with E-state index in [2.05, 4.69) is 6.07 Å². The molecule has 0 aliphatic carbocycles. The second-order valence-corrected chi connectivity index (χ2v) is 8.87. The van der Waals surface area contributed by atoms with Gasteiger partial charge in [0.05, 0.1) is 17.1 Å². The van der Waals surface area contributed by atoms with Crippen LogP contribution >= 0.6 is 11.6 Å². The number of para-hydroxylation sites is 1. The number of ether oxygens (including phenoxy) is 1. The van der Waals surface area contributed by atoms with Crippen molar-refractivity contribution in [1.29, 1.82) is 0 Å². The summed E-state index contributed by atoms with van der Waals surface area (Å²) in [4.78, 5) is 0. The zero-order valence-electron chi connectivity index (χ0n) is 17.5. The van der Waals surface area contributed by atoms with Crippen molar-refractivity contribution >= 4 is 33.3 Å². The Morgan fingerprint density at radius 2 is 1.67 bits per heavy atom. The summed E-state index contributed by atoms with van der Waals surface area (Å²) in [6.07, 6.45) is -4.01. The van der Waals surface area contributed by atoms with Gasteiger partial charge in [0.25, 0.3) is 0 Å². The molecule has 0 spiro atoms. The van der Waals surface area contributed by atoms with Crippen LogP contribution in [0, 0.1) is 0 Å². The third-order valence-corrected chi connectivity index (χ3v) is 6.61. The lowest BCUT2D eigenvalue weighted by atomic mass is 9.98. The van der Waals surface area contributed by atoms with E-state index in [9.17, 15) is 25.5 Å². The first-order chi connectivity index (χ1) is 15.9. The number of hydrogen-bond donors (Lipinski definition) is 5. The number of halogens is 1. The largest absolute Gasteiger partial charge is 0.508 e. The third-order valence-electron chi connectivity index (χ3n) is 6.31. The van der Waals surface area contributed by atoms with Crippen molar-refractivity contribution in [3.8, 4) is 5.75 Å². The van der Waals surface area contributed by atoms with Crippen LogP contribution < -0.4 is 0 Å². The molecule has 1 saturated heterocycles. The minimum Gasteiger partial charge on any atom is -0.508 e. The van der Waals surface area contributed by atoms with E-state index >= 15 is 0 Å². The summed E-state index contributed by atoms with van der Waals surface area (Å²) in [5.74, 6) is 0.215. The molecule has 3 aromatic carbocycles.